The van der Waals surface area contributed by atoms with Crippen molar-refractivity contribution in [2.24, 2.45) is 5.92 Å². The summed E-state index contributed by atoms with van der Waals surface area (Å²) < 4.78 is 7.47. The number of hydrogen-bond acceptors (Lipinski definition) is 5. The van der Waals surface area contributed by atoms with Crippen LogP contribution in [0.3, 0.4) is 0 Å². The molecule has 1 amide bonds. The number of ether oxygens (including phenoxy) is 1. The molecule has 0 aliphatic heterocycles. The van der Waals surface area contributed by atoms with Crippen molar-refractivity contribution in [3.8, 4) is 11.4 Å². The van der Waals surface area contributed by atoms with Gasteiger partial charge in [-0.3, -0.25) is 4.79 Å². The summed E-state index contributed by atoms with van der Waals surface area (Å²) in [5.74, 6) is 1.33. The Labute approximate surface area is 147 Å². The molecule has 1 heterocycles. The maximum Gasteiger partial charge on any atom is 0.250 e. The number of rotatable bonds is 6. The van der Waals surface area contributed by atoms with Crippen LogP contribution in [0.15, 0.2) is 24.3 Å². The Morgan fingerprint density at radius 2 is 2.12 bits per heavy atom. The Kier molecular flexibility index (Phi) is 5.75. The summed E-state index contributed by atoms with van der Waals surface area (Å²) in [4.78, 5) is 12.2. The average molecular weight is 343 g/mol. The number of hydrogen-bond donors (Lipinski definition) is 1. The molecule has 0 spiro atoms. The third-order valence-electron chi connectivity index (χ3n) is 4.65. The Bertz CT molecular complexity index is 707. The second-order valence-corrected chi connectivity index (χ2v) is 6.64. The molecule has 1 fully saturated rings. The summed E-state index contributed by atoms with van der Waals surface area (Å²) in [7, 11) is 0. The molecule has 1 saturated carbocycles. The van der Waals surface area contributed by atoms with Crippen LogP contribution in [0.2, 0.25) is 0 Å². The van der Waals surface area contributed by atoms with Crippen molar-refractivity contribution >= 4 is 11.6 Å². The highest BCUT2D eigenvalue weighted by molar-refractivity contribution is 5.92. The molecule has 1 aromatic heterocycles. The van der Waals surface area contributed by atoms with E-state index in [1.54, 1.807) is 4.68 Å². The number of amides is 1. The van der Waals surface area contributed by atoms with Gasteiger partial charge >= 0.3 is 0 Å². The SMILES string of the molecule is CCn1nnnc1-c1cccc(NC(=O)COC2CCC(C)CC2)c1. The van der Waals surface area contributed by atoms with E-state index in [2.05, 4.69) is 27.8 Å². The molecular weight excluding hydrogens is 318 g/mol. The fourth-order valence-electron chi connectivity index (χ4n) is 3.15. The number of aryl methyl sites for hydroxylation is 1. The molecule has 1 aliphatic rings. The highest BCUT2D eigenvalue weighted by atomic mass is 16.5. The maximum atomic E-state index is 12.2. The lowest BCUT2D eigenvalue weighted by atomic mass is 9.89. The number of tetrazole rings is 1. The van der Waals surface area contributed by atoms with E-state index in [0.717, 1.165) is 24.3 Å². The van der Waals surface area contributed by atoms with E-state index in [4.69, 9.17) is 4.74 Å². The molecule has 7 nitrogen and oxygen atoms in total. The number of nitrogens with one attached hydrogen (secondary N) is 1. The van der Waals surface area contributed by atoms with Crippen LogP contribution in [0.4, 0.5) is 5.69 Å². The van der Waals surface area contributed by atoms with Crippen LogP contribution in [-0.2, 0) is 16.1 Å². The molecule has 25 heavy (non-hydrogen) atoms. The molecule has 0 bridgehead atoms. The van der Waals surface area contributed by atoms with Crippen LogP contribution in [0.5, 0.6) is 0 Å². The normalized spacial score (nSPS) is 20.4. The van der Waals surface area contributed by atoms with Crippen LogP contribution in [0.25, 0.3) is 11.4 Å². The van der Waals surface area contributed by atoms with E-state index in [0.29, 0.717) is 18.1 Å². The van der Waals surface area contributed by atoms with E-state index >= 15 is 0 Å². The minimum Gasteiger partial charge on any atom is -0.368 e. The molecule has 1 aromatic carbocycles. The molecule has 1 aliphatic carbocycles. The summed E-state index contributed by atoms with van der Waals surface area (Å²) in [5.41, 5.74) is 1.58. The lowest BCUT2D eigenvalue weighted by Gasteiger charge is -2.25. The van der Waals surface area contributed by atoms with Gasteiger partial charge in [0.05, 0.1) is 6.10 Å². The zero-order chi connectivity index (χ0) is 17.6. The third-order valence-corrected chi connectivity index (χ3v) is 4.65. The van der Waals surface area contributed by atoms with Crippen LogP contribution in [0, 0.1) is 5.92 Å². The first-order valence-electron chi connectivity index (χ1n) is 8.93. The van der Waals surface area contributed by atoms with Crippen molar-refractivity contribution in [1.29, 1.82) is 0 Å². The minimum atomic E-state index is -0.133. The van der Waals surface area contributed by atoms with Gasteiger partial charge in [0.1, 0.15) is 6.61 Å². The predicted molar refractivity (Wildman–Crippen MR) is 94.9 cm³/mol. The molecule has 7 heteroatoms. The summed E-state index contributed by atoms with van der Waals surface area (Å²) in [6.45, 7) is 5.03. The van der Waals surface area contributed by atoms with Gasteiger partial charge in [-0.1, -0.05) is 19.1 Å². The van der Waals surface area contributed by atoms with E-state index < -0.39 is 0 Å². The van der Waals surface area contributed by atoms with Gasteiger partial charge in [0.15, 0.2) is 5.82 Å². The standard InChI is InChI=1S/C18H25N5O2/c1-3-23-18(20-21-22-23)14-5-4-6-15(11-14)19-17(24)12-25-16-9-7-13(2)8-10-16/h4-6,11,13,16H,3,7-10,12H2,1-2H3,(H,19,24). The van der Waals surface area contributed by atoms with Gasteiger partial charge in [-0.15, -0.1) is 5.10 Å². The average Bonchev–Trinajstić information content (AvgIpc) is 3.10. The first kappa shape index (κ1) is 17.5. The van der Waals surface area contributed by atoms with Gasteiger partial charge in [0, 0.05) is 17.8 Å². The number of aromatic nitrogens is 4. The van der Waals surface area contributed by atoms with Crippen molar-refractivity contribution < 1.29 is 9.53 Å². The molecule has 1 N–H and O–H groups in total. The number of carbonyl (C=O) groups excluding carboxylic acids is 1. The molecule has 0 radical (unpaired) electrons. The van der Waals surface area contributed by atoms with Gasteiger partial charge in [0.2, 0.25) is 5.91 Å². The van der Waals surface area contributed by atoms with Crippen molar-refractivity contribution in [2.45, 2.75) is 52.2 Å². The maximum absolute atomic E-state index is 12.2. The number of benzene rings is 1. The molecule has 2 aromatic rings. The van der Waals surface area contributed by atoms with Gasteiger partial charge in [0.25, 0.3) is 0 Å². The van der Waals surface area contributed by atoms with Gasteiger partial charge < -0.3 is 10.1 Å². The van der Waals surface area contributed by atoms with Gasteiger partial charge in [-0.2, -0.15) is 0 Å². The molecule has 0 unspecified atom stereocenters. The van der Waals surface area contributed by atoms with Gasteiger partial charge in [-0.25, -0.2) is 4.68 Å². The first-order valence-corrected chi connectivity index (χ1v) is 8.93. The largest absolute Gasteiger partial charge is 0.368 e. The van der Waals surface area contributed by atoms with Gasteiger partial charge in [-0.05, 0) is 61.1 Å². The van der Waals surface area contributed by atoms with Crippen LogP contribution >= 0.6 is 0 Å². The Hall–Kier alpha value is -2.28. The quantitative estimate of drug-likeness (QED) is 0.872. The zero-order valence-electron chi connectivity index (χ0n) is 14.8. The molecule has 0 atom stereocenters. The summed E-state index contributed by atoms with van der Waals surface area (Å²) in [5, 5.41) is 14.6. The van der Waals surface area contributed by atoms with E-state index in [1.807, 2.05) is 31.2 Å². The van der Waals surface area contributed by atoms with E-state index in [-0.39, 0.29) is 18.6 Å². The van der Waals surface area contributed by atoms with Crippen LogP contribution in [-0.4, -0.2) is 38.8 Å². The van der Waals surface area contributed by atoms with Crippen molar-refractivity contribution in [3.63, 3.8) is 0 Å². The smallest absolute Gasteiger partial charge is 0.250 e. The predicted octanol–water partition coefficient (Wildman–Crippen LogP) is 2.89. The minimum absolute atomic E-state index is 0.0932. The van der Waals surface area contributed by atoms with Crippen LogP contribution < -0.4 is 5.32 Å². The molecule has 134 valence electrons. The Morgan fingerprint density at radius 3 is 2.88 bits per heavy atom. The molecular formula is C18H25N5O2. The molecule has 3 rings (SSSR count). The molecule has 0 saturated heterocycles. The Balaban J connectivity index is 1.56. The van der Waals surface area contributed by atoms with E-state index in [9.17, 15) is 4.79 Å². The second kappa shape index (κ2) is 8.20. The van der Waals surface area contributed by atoms with Crippen molar-refractivity contribution in [2.75, 3.05) is 11.9 Å². The summed E-state index contributed by atoms with van der Waals surface area (Å²) in [6.07, 6.45) is 4.66. The summed E-state index contributed by atoms with van der Waals surface area (Å²) >= 11 is 0. The van der Waals surface area contributed by atoms with Crippen LogP contribution in [0.1, 0.15) is 39.5 Å². The lowest BCUT2D eigenvalue weighted by Crippen LogP contribution is -2.26. The van der Waals surface area contributed by atoms with E-state index in [1.165, 1.54) is 12.8 Å². The number of nitrogens with zero attached hydrogens (tertiary/aromatic N) is 4. The topological polar surface area (TPSA) is 81.9 Å². The highest BCUT2D eigenvalue weighted by Gasteiger charge is 2.19. The number of carbonyl (C=O) groups is 1. The first-order chi connectivity index (χ1) is 12.2. The van der Waals surface area contributed by atoms with Crippen molar-refractivity contribution in [3.05, 3.63) is 24.3 Å². The highest BCUT2D eigenvalue weighted by Crippen LogP contribution is 2.25. The fourth-order valence-corrected chi connectivity index (χ4v) is 3.15. The lowest BCUT2D eigenvalue weighted by molar-refractivity contribution is -0.123. The number of anilines is 1. The Morgan fingerprint density at radius 1 is 1.32 bits per heavy atom. The fraction of sp³-hybridized carbons (Fsp3) is 0.556. The van der Waals surface area contributed by atoms with Crippen molar-refractivity contribution in [1.82, 2.24) is 20.2 Å². The monoisotopic (exact) mass is 343 g/mol. The second-order valence-electron chi connectivity index (χ2n) is 6.64. The summed E-state index contributed by atoms with van der Waals surface area (Å²) in [6, 6.07) is 7.53. The third kappa shape index (κ3) is 4.63. The zero-order valence-corrected chi connectivity index (χ0v) is 14.8.